The van der Waals surface area contributed by atoms with Crippen molar-refractivity contribution in [2.75, 3.05) is 37.3 Å². The second-order valence-corrected chi connectivity index (χ2v) is 7.34. The first kappa shape index (κ1) is 19.3. The SMILES string of the molecule is CNc1cc(Nc2nccc([C@@H]3CCCN(CCc4ccccc4)C3)n2)ncn1. The summed E-state index contributed by atoms with van der Waals surface area (Å²) in [5, 5.41) is 6.20. The molecule has 0 aliphatic carbocycles. The smallest absolute Gasteiger partial charge is 0.228 e. The molecule has 1 aliphatic rings. The Labute approximate surface area is 171 Å². The van der Waals surface area contributed by atoms with Crippen LogP contribution in [0.1, 0.15) is 30.0 Å². The largest absolute Gasteiger partial charge is 0.373 e. The van der Waals surface area contributed by atoms with Gasteiger partial charge in [-0.3, -0.25) is 0 Å². The molecule has 1 fully saturated rings. The van der Waals surface area contributed by atoms with Crippen LogP contribution in [0.25, 0.3) is 0 Å². The van der Waals surface area contributed by atoms with Crippen molar-refractivity contribution < 1.29 is 0 Å². The summed E-state index contributed by atoms with van der Waals surface area (Å²) in [4.78, 5) is 20.1. The molecule has 1 saturated heterocycles. The van der Waals surface area contributed by atoms with Crippen molar-refractivity contribution in [2.45, 2.75) is 25.2 Å². The molecule has 0 unspecified atom stereocenters. The van der Waals surface area contributed by atoms with Gasteiger partial charge in [0.2, 0.25) is 5.95 Å². The van der Waals surface area contributed by atoms with E-state index in [-0.39, 0.29) is 0 Å². The van der Waals surface area contributed by atoms with Crippen LogP contribution >= 0.6 is 0 Å². The normalized spacial score (nSPS) is 17.1. The van der Waals surface area contributed by atoms with Gasteiger partial charge < -0.3 is 15.5 Å². The summed E-state index contributed by atoms with van der Waals surface area (Å²) in [5.41, 5.74) is 2.49. The van der Waals surface area contributed by atoms with Gasteiger partial charge in [0, 0.05) is 38.3 Å². The van der Waals surface area contributed by atoms with Crippen molar-refractivity contribution >= 4 is 17.6 Å². The lowest BCUT2D eigenvalue weighted by Gasteiger charge is -2.32. The maximum atomic E-state index is 4.77. The third kappa shape index (κ3) is 5.26. The second kappa shape index (κ2) is 9.43. The van der Waals surface area contributed by atoms with E-state index in [0.717, 1.165) is 44.0 Å². The number of piperidine rings is 1. The molecule has 1 aromatic carbocycles. The summed E-state index contributed by atoms with van der Waals surface area (Å²) < 4.78 is 0. The first-order chi connectivity index (χ1) is 14.3. The Morgan fingerprint density at radius 2 is 1.93 bits per heavy atom. The molecule has 7 nitrogen and oxygen atoms in total. The van der Waals surface area contributed by atoms with E-state index in [1.807, 2.05) is 25.4 Å². The number of nitrogens with one attached hydrogen (secondary N) is 2. The van der Waals surface area contributed by atoms with Gasteiger partial charge >= 0.3 is 0 Å². The molecule has 0 saturated carbocycles. The zero-order chi connectivity index (χ0) is 19.9. The molecule has 2 N–H and O–H groups in total. The Kier molecular flexibility index (Phi) is 6.26. The van der Waals surface area contributed by atoms with Gasteiger partial charge in [0.1, 0.15) is 18.0 Å². The van der Waals surface area contributed by atoms with E-state index in [9.17, 15) is 0 Å². The van der Waals surface area contributed by atoms with Crippen molar-refractivity contribution in [1.82, 2.24) is 24.8 Å². The number of aromatic nitrogens is 4. The summed E-state index contributed by atoms with van der Waals surface area (Å²) >= 11 is 0. The molecule has 3 aromatic rings. The van der Waals surface area contributed by atoms with E-state index >= 15 is 0 Å². The number of nitrogens with zero attached hydrogens (tertiary/aromatic N) is 5. The molecule has 2 aromatic heterocycles. The summed E-state index contributed by atoms with van der Waals surface area (Å²) in [6.07, 6.45) is 6.79. The molecule has 0 bridgehead atoms. The number of likely N-dealkylation sites (tertiary alicyclic amines) is 1. The van der Waals surface area contributed by atoms with Crippen molar-refractivity contribution in [3.63, 3.8) is 0 Å². The average molecular weight is 390 g/mol. The zero-order valence-electron chi connectivity index (χ0n) is 16.8. The summed E-state index contributed by atoms with van der Waals surface area (Å²) in [7, 11) is 1.83. The molecule has 7 heteroatoms. The Hall–Kier alpha value is -3.06. The monoisotopic (exact) mass is 389 g/mol. The molecule has 29 heavy (non-hydrogen) atoms. The summed E-state index contributed by atoms with van der Waals surface area (Å²) in [5.74, 6) is 2.43. The minimum Gasteiger partial charge on any atom is -0.373 e. The van der Waals surface area contributed by atoms with Crippen LogP contribution in [0.4, 0.5) is 17.6 Å². The van der Waals surface area contributed by atoms with Gasteiger partial charge in [-0.25, -0.2) is 19.9 Å². The molecule has 150 valence electrons. The highest BCUT2D eigenvalue weighted by Gasteiger charge is 2.22. The van der Waals surface area contributed by atoms with Gasteiger partial charge in [-0.15, -0.1) is 0 Å². The molecule has 1 atom stereocenters. The lowest BCUT2D eigenvalue weighted by atomic mass is 9.94. The van der Waals surface area contributed by atoms with Gasteiger partial charge in [0.05, 0.1) is 5.69 Å². The topological polar surface area (TPSA) is 78.9 Å². The van der Waals surface area contributed by atoms with E-state index in [1.165, 1.54) is 18.3 Å². The van der Waals surface area contributed by atoms with Crippen molar-refractivity contribution in [3.8, 4) is 0 Å². The van der Waals surface area contributed by atoms with Crippen molar-refractivity contribution in [1.29, 1.82) is 0 Å². The van der Waals surface area contributed by atoms with Crippen LogP contribution in [-0.4, -0.2) is 51.5 Å². The van der Waals surface area contributed by atoms with Crippen LogP contribution in [0.15, 0.2) is 55.0 Å². The predicted octanol–water partition coefficient (Wildman–Crippen LogP) is 3.47. The lowest BCUT2D eigenvalue weighted by Crippen LogP contribution is -2.36. The quantitative estimate of drug-likeness (QED) is 0.640. The van der Waals surface area contributed by atoms with Crippen molar-refractivity contribution in [2.24, 2.45) is 0 Å². The number of benzene rings is 1. The van der Waals surface area contributed by atoms with Crippen LogP contribution in [-0.2, 0) is 6.42 Å². The molecule has 0 amide bonds. The van der Waals surface area contributed by atoms with Crippen LogP contribution in [0.5, 0.6) is 0 Å². The van der Waals surface area contributed by atoms with E-state index < -0.39 is 0 Å². The van der Waals surface area contributed by atoms with E-state index in [4.69, 9.17) is 4.98 Å². The minimum absolute atomic E-state index is 0.432. The molecule has 1 aliphatic heterocycles. The van der Waals surface area contributed by atoms with Crippen molar-refractivity contribution in [3.05, 3.63) is 66.2 Å². The summed E-state index contributed by atoms with van der Waals surface area (Å²) in [6.45, 7) is 3.29. The van der Waals surface area contributed by atoms with E-state index in [2.05, 4.69) is 60.8 Å². The molecule has 4 rings (SSSR count). The highest BCUT2D eigenvalue weighted by Crippen LogP contribution is 2.26. The first-order valence-electron chi connectivity index (χ1n) is 10.2. The van der Waals surface area contributed by atoms with E-state index in [1.54, 1.807) is 0 Å². The van der Waals surface area contributed by atoms with Crippen LogP contribution in [0.3, 0.4) is 0 Å². The number of hydrogen-bond acceptors (Lipinski definition) is 7. The van der Waals surface area contributed by atoms with Gasteiger partial charge in [-0.2, -0.15) is 0 Å². The number of anilines is 3. The molecular weight excluding hydrogens is 362 g/mol. The van der Waals surface area contributed by atoms with Gasteiger partial charge in [-0.05, 0) is 37.4 Å². The highest BCUT2D eigenvalue weighted by molar-refractivity contribution is 5.52. The van der Waals surface area contributed by atoms with E-state index in [0.29, 0.717) is 17.7 Å². The van der Waals surface area contributed by atoms with Crippen LogP contribution in [0, 0.1) is 0 Å². The van der Waals surface area contributed by atoms with Crippen LogP contribution < -0.4 is 10.6 Å². The molecule has 0 spiro atoms. The Balaban J connectivity index is 1.39. The Morgan fingerprint density at radius 1 is 1.07 bits per heavy atom. The minimum atomic E-state index is 0.432. The van der Waals surface area contributed by atoms with Gasteiger partial charge in [0.15, 0.2) is 0 Å². The molecular formula is C22H27N7. The number of hydrogen-bond donors (Lipinski definition) is 2. The fraction of sp³-hybridized carbons (Fsp3) is 0.364. The fourth-order valence-corrected chi connectivity index (χ4v) is 3.77. The standard InChI is InChI=1S/C22H27N7/c1-23-20-14-21(26-16-25-20)28-22-24-11-9-19(27-22)18-8-5-12-29(15-18)13-10-17-6-3-2-4-7-17/h2-4,6-7,9,11,14,16,18H,5,8,10,12-13,15H2,1H3,(H2,23,24,25,26,27,28)/t18-/m1/s1. The number of rotatable bonds is 7. The first-order valence-corrected chi connectivity index (χ1v) is 10.2. The average Bonchev–Trinajstić information content (AvgIpc) is 2.79. The Bertz CT molecular complexity index is 916. The van der Waals surface area contributed by atoms with Gasteiger partial charge in [-0.1, -0.05) is 30.3 Å². The second-order valence-electron chi connectivity index (χ2n) is 7.34. The Morgan fingerprint density at radius 3 is 2.79 bits per heavy atom. The predicted molar refractivity (Wildman–Crippen MR) is 115 cm³/mol. The maximum Gasteiger partial charge on any atom is 0.228 e. The molecule has 0 radical (unpaired) electrons. The van der Waals surface area contributed by atoms with Gasteiger partial charge in [0.25, 0.3) is 0 Å². The lowest BCUT2D eigenvalue weighted by molar-refractivity contribution is 0.208. The highest BCUT2D eigenvalue weighted by atomic mass is 15.2. The maximum absolute atomic E-state index is 4.77. The third-order valence-corrected chi connectivity index (χ3v) is 5.32. The fourth-order valence-electron chi connectivity index (χ4n) is 3.77. The van der Waals surface area contributed by atoms with Crippen LogP contribution in [0.2, 0.25) is 0 Å². The molecule has 3 heterocycles. The summed E-state index contributed by atoms with van der Waals surface area (Å²) in [6, 6.07) is 14.6. The zero-order valence-corrected chi connectivity index (χ0v) is 16.8. The third-order valence-electron chi connectivity index (χ3n) is 5.32.